The standard InChI is InChI=1S/C29H20ClF3N4O4/c1-14-5-18(12-35-11-14)37-28(39)25-23(36(29(37)40)13-15-6-21(31)26(33)22(32)7-15)9-17(10-24(25)41-2)19-8-16(27(34)38)3-4-20(19)30/h3-12H,13H2,1-2H3,(H2,34,38). The lowest BCUT2D eigenvalue weighted by atomic mass is 10.0. The van der Waals surface area contributed by atoms with Crippen LogP contribution in [0, 0.1) is 24.4 Å². The van der Waals surface area contributed by atoms with E-state index in [2.05, 4.69) is 4.98 Å². The number of pyridine rings is 1. The second kappa shape index (κ2) is 10.6. The van der Waals surface area contributed by atoms with Crippen molar-refractivity contribution in [2.24, 2.45) is 5.73 Å². The van der Waals surface area contributed by atoms with Gasteiger partial charge < -0.3 is 10.5 Å². The van der Waals surface area contributed by atoms with Gasteiger partial charge in [0.25, 0.3) is 5.56 Å². The van der Waals surface area contributed by atoms with Crippen molar-refractivity contribution in [3.63, 3.8) is 0 Å². The minimum Gasteiger partial charge on any atom is -0.496 e. The minimum atomic E-state index is -1.66. The Morgan fingerprint density at radius 2 is 1.73 bits per heavy atom. The molecule has 0 saturated heterocycles. The Bertz CT molecular complexity index is 1980. The van der Waals surface area contributed by atoms with Crippen molar-refractivity contribution in [3.8, 4) is 22.6 Å². The lowest BCUT2D eigenvalue weighted by Gasteiger charge is -2.18. The largest absolute Gasteiger partial charge is 0.496 e. The van der Waals surface area contributed by atoms with Crippen molar-refractivity contribution in [2.75, 3.05) is 7.11 Å². The molecule has 2 aromatic heterocycles. The number of halogens is 4. The molecule has 0 spiro atoms. The van der Waals surface area contributed by atoms with E-state index >= 15 is 0 Å². The van der Waals surface area contributed by atoms with Crippen LogP contribution in [0.15, 0.2) is 70.5 Å². The lowest BCUT2D eigenvalue weighted by molar-refractivity contribution is 0.100. The minimum absolute atomic E-state index is 0.0249. The van der Waals surface area contributed by atoms with Crippen LogP contribution in [-0.4, -0.2) is 27.1 Å². The van der Waals surface area contributed by atoms with Gasteiger partial charge in [-0.25, -0.2) is 22.5 Å². The monoisotopic (exact) mass is 580 g/mol. The Kier molecular flexibility index (Phi) is 7.14. The molecule has 1 amide bonds. The molecule has 0 aliphatic carbocycles. The van der Waals surface area contributed by atoms with Crippen molar-refractivity contribution in [1.29, 1.82) is 0 Å². The maximum Gasteiger partial charge on any atom is 0.336 e. The Labute approximate surface area is 235 Å². The third kappa shape index (κ3) is 4.95. The highest BCUT2D eigenvalue weighted by Gasteiger charge is 2.22. The van der Waals surface area contributed by atoms with Crippen LogP contribution in [0.3, 0.4) is 0 Å². The van der Waals surface area contributed by atoms with Crippen molar-refractivity contribution < 1.29 is 22.7 Å². The second-order valence-electron chi connectivity index (χ2n) is 9.23. The molecule has 12 heteroatoms. The van der Waals surface area contributed by atoms with E-state index in [0.29, 0.717) is 16.7 Å². The van der Waals surface area contributed by atoms with Gasteiger partial charge in [0.1, 0.15) is 11.1 Å². The molecule has 0 fully saturated rings. The van der Waals surface area contributed by atoms with Crippen LogP contribution in [0.5, 0.6) is 5.75 Å². The number of hydrogen-bond donors (Lipinski definition) is 1. The molecule has 0 atom stereocenters. The van der Waals surface area contributed by atoms with Crippen molar-refractivity contribution in [3.05, 3.63) is 121 Å². The highest BCUT2D eigenvalue weighted by molar-refractivity contribution is 6.33. The van der Waals surface area contributed by atoms with Crippen molar-refractivity contribution >= 4 is 28.4 Å². The fourth-order valence-corrected chi connectivity index (χ4v) is 4.82. The Balaban J connectivity index is 1.90. The number of methoxy groups -OCH3 is 1. The van der Waals surface area contributed by atoms with Crippen LogP contribution < -0.4 is 21.7 Å². The number of ether oxygens (including phenoxy) is 1. The van der Waals surface area contributed by atoms with E-state index in [1.54, 1.807) is 13.0 Å². The van der Waals surface area contributed by atoms with Crippen molar-refractivity contribution in [1.82, 2.24) is 14.1 Å². The zero-order valence-electron chi connectivity index (χ0n) is 21.5. The van der Waals surface area contributed by atoms with E-state index in [1.165, 1.54) is 49.8 Å². The van der Waals surface area contributed by atoms with Crippen LogP contribution in [0.25, 0.3) is 27.7 Å². The van der Waals surface area contributed by atoms with Crippen LogP contribution in [0.1, 0.15) is 21.5 Å². The number of fused-ring (bicyclic) bond motifs is 1. The normalized spacial score (nSPS) is 11.2. The average molecular weight is 581 g/mol. The number of aryl methyl sites for hydroxylation is 1. The van der Waals surface area contributed by atoms with Gasteiger partial charge in [0, 0.05) is 22.3 Å². The topological polar surface area (TPSA) is 109 Å². The molecule has 2 N–H and O–H groups in total. The number of rotatable bonds is 6. The third-order valence-corrected chi connectivity index (χ3v) is 6.83. The maximum atomic E-state index is 14.1. The summed E-state index contributed by atoms with van der Waals surface area (Å²) in [6.07, 6.45) is 2.86. The number of benzene rings is 3. The summed E-state index contributed by atoms with van der Waals surface area (Å²) in [5.41, 5.74) is 5.42. The van der Waals surface area contributed by atoms with Crippen LogP contribution in [0.4, 0.5) is 13.2 Å². The molecule has 41 heavy (non-hydrogen) atoms. The van der Waals surface area contributed by atoms with E-state index in [-0.39, 0.29) is 38.5 Å². The molecular formula is C29H20ClF3N4O4. The predicted molar refractivity (Wildman–Crippen MR) is 147 cm³/mol. The molecular weight excluding hydrogens is 561 g/mol. The molecule has 5 rings (SSSR count). The van der Waals surface area contributed by atoms with Gasteiger partial charge in [0.15, 0.2) is 17.5 Å². The zero-order chi connectivity index (χ0) is 29.6. The zero-order valence-corrected chi connectivity index (χ0v) is 22.3. The Morgan fingerprint density at radius 1 is 1.02 bits per heavy atom. The summed E-state index contributed by atoms with van der Waals surface area (Å²) in [7, 11) is 1.32. The van der Waals surface area contributed by atoms with Gasteiger partial charge in [-0.05, 0) is 72.1 Å². The number of amides is 1. The van der Waals surface area contributed by atoms with Gasteiger partial charge in [0.2, 0.25) is 5.91 Å². The summed E-state index contributed by atoms with van der Waals surface area (Å²) >= 11 is 6.43. The van der Waals surface area contributed by atoms with Gasteiger partial charge in [-0.1, -0.05) is 11.6 Å². The molecule has 0 aliphatic heterocycles. The molecule has 2 heterocycles. The summed E-state index contributed by atoms with van der Waals surface area (Å²) in [6, 6.07) is 10.4. The molecule has 3 aromatic carbocycles. The number of carbonyl (C=O) groups is 1. The maximum absolute atomic E-state index is 14.1. The van der Waals surface area contributed by atoms with Gasteiger partial charge >= 0.3 is 5.69 Å². The predicted octanol–water partition coefficient (Wildman–Crippen LogP) is 4.75. The Morgan fingerprint density at radius 3 is 2.37 bits per heavy atom. The van der Waals surface area contributed by atoms with E-state index in [1.807, 2.05) is 0 Å². The van der Waals surface area contributed by atoms with Gasteiger partial charge in [-0.3, -0.25) is 19.1 Å². The smallest absolute Gasteiger partial charge is 0.336 e. The molecule has 8 nitrogen and oxygen atoms in total. The molecule has 0 radical (unpaired) electrons. The number of primary amides is 1. The van der Waals surface area contributed by atoms with Crippen molar-refractivity contribution in [2.45, 2.75) is 13.5 Å². The van der Waals surface area contributed by atoms with Crippen LogP contribution in [-0.2, 0) is 6.54 Å². The first-order chi connectivity index (χ1) is 19.5. The lowest BCUT2D eigenvalue weighted by Crippen LogP contribution is -2.39. The number of nitrogens with zero attached hydrogens (tertiary/aromatic N) is 3. The summed E-state index contributed by atoms with van der Waals surface area (Å²) in [4.78, 5) is 43.7. The molecule has 208 valence electrons. The number of aromatic nitrogens is 3. The number of carbonyl (C=O) groups excluding carboxylic acids is 1. The van der Waals surface area contributed by atoms with E-state index in [0.717, 1.165) is 21.3 Å². The summed E-state index contributed by atoms with van der Waals surface area (Å²) in [6.45, 7) is 1.27. The number of nitrogens with two attached hydrogens (primary N) is 1. The summed E-state index contributed by atoms with van der Waals surface area (Å²) in [5, 5.41) is 0.190. The van der Waals surface area contributed by atoms with E-state index in [4.69, 9.17) is 22.1 Å². The van der Waals surface area contributed by atoms with E-state index in [9.17, 15) is 27.6 Å². The second-order valence-corrected chi connectivity index (χ2v) is 9.64. The van der Waals surface area contributed by atoms with Crippen LogP contribution in [0.2, 0.25) is 5.02 Å². The Hall–Kier alpha value is -4.90. The molecule has 5 aromatic rings. The molecule has 0 bridgehead atoms. The fraction of sp³-hybridized carbons (Fsp3) is 0.103. The van der Waals surface area contributed by atoms with Gasteiger partial charge in [-0.15, -0.1) is 0 Å². The fourth-order valence-electron chi connectivity index (χ4n) is 4.59. The van der Waals surface area contributed by atoms with Gasteiger partial charge in [0.05, 0.1) is 31.1 Å². The summed E-state index contributed by atoms with van der Waals surface area (Å²) in [5.74, 6) is -5.20. The molecule has 0 aliphatic rings. The first-order valence-electron chi connectivity index (χ1n) is 12.0. The van der Waals surface area contributed by atoms with Crippen LogP contribution >= 0.6 is 11.6 Å². The van der Waals surface area contributed by atoms with Gasteiger partial charge in [-0.2, -0.15) is 0 Å². The first-order valence-corrected chi connectivity index (χ1v) is 12.4. The quantitative estimate of drug-likeness (QED) is 0.292. The molecule has 0 unspecified atom stereocenters. The third-order valence-electron chi connectivity index (χ3n) is 6.50. The average Bonchev–Trinajstić information content (AvgIpc) is 2.93. The summed E-state index contributed by atoms with van der Waals surface area (Å²) < 4.78 is 49.5. The van der Waals surface area contributed by atoms with E-state index < -0.39 is 41.2 Å². The highest BCUT2D eigenvalue weighted by atomic mass is 35.5. The molecule has 0 saturated carbocycles. The number of hydrogen-bond acceptors (Lipinski definition) is 5. The first kappa shape index (κ1) is 27.7. The highest BCUT2D eigenvalue weighted by Crippen LogP contribution is 2.35. The SMILES string of the molecule is COc1cc(-c2cc(C(N)=O)ccc2Cl)cc2c1c(=O)n(-c1cncc(C)c1)c(=O)n2Cc1cc(F)c(F)c(F)c1.